The molecule has 0 saturated carbocycles. The number of rotatable bonds is 4. The lowest BCUT2D eigenvalue weighted by atomic mass is 9.87. The van der Waals surface area contributed by atoms with Crippen LogP contribution in [-0.2, 0) is 10.8 Å². The van der Waals surface area contributed by atoms with Gasteiger partial charge in [-0.05, 0) is 91.4 Å². The molecule has 4 heterocycles. The van der Waals surface area contributed by atoms with E-state index in [0.717, 1.165) is 42.4 Å². The van der Waals surface area contributed by atoms with Gasteiger partial charge in [-0.25, -0.2) is 9.97 Å². The van der Waals surface area contributed by atoms with E-state index in [1.54, 1.807) is 0 Å². The summed E-state index contributed by atoms with van der Waals surface area (Å²) in [5, 5.41) is 25.2. The smallest absolute Gasteiger partial charge is 0.266 e. The molecule has 0 amide bonds. The minimum Gasteiger partial charge on any atom is -0.415 e. The molecule has 0 N–H and O–H groups in total. The fourth-order valence-electron chi connectivity index (χ4n) is 6.97. The third-order valence-corrected chi connectivity index (χ3v) is 10.0. The number of nitrogens with zero attached hydrogens (tertiary/aromatic N) is 6. The Kier molecular flexibility index (Phi) is 7.74. The predicted octanol–water partition coefficient (Wildman–Crippen LogP) is 9.97. The van der Waals surface area contributed by atoms with Crippen LogP contribution >= 0.6 is 0 Å². The van der Waals surface area contributed by atoms with Crippen molar-refractivity contribution in [3.63, 3.8) is 0 Å². The van der Waals surface area contributed by atoms with Crippen LogP contribution in [0.2, 0.25) is 0 Å². The summed E-state index contributed by atoms with van der Waals surface area (Å²) < 4.78 is 12.5. The highest BCUT2D eigenvalue weighted by atomic mass is 16.4. The van der Waals surface area contributed by atoms with E-state index in [2.05, 4.69) is 147 Å². The molecule has 8 aromatic rings. The van der Waals surface area contributed by atoms with Crippen LogP contribution in [0.3, 0.4) is 0 Å². The Morgan fingerprint density at radius 1 is 0.352 bits per heavy atom. The summed E-state index contributed by atoms with van der Waals surface area (Å²) in [6.07, 6.45) is 0. The average molecular weight is 707 g/mol. The molecule has 9 rings (SSSR count). The fraction of sp³-hybridized carbons (Fsp3) is 0.174. The van der Waals surface area contributed by atoms with Gasteiger partial charge in [0.2, 0.25) is 11.8 Å². The monoisotopic (exact) mass is 706 g/mol. The van der Waals surface area contributed by atoms with Crippen LogP contribution < -0.4 is 0 Å². The quantitative estimate of drug-likeness (QED) is 0.178. The van der Waals surface area contributed by atoms with Crippen molar-refractivity contribution < 1.29 is 8.83 Å². The van der Waals surface area contributed by atoms with E-state index in [-0.39, 0.29) is 10.8 Å². The molecule has 0 saturated heterocycles. The van der Waals surface area contributed by atoms with Crippen molar-refractivity contribution in [2.75, 3.05) is 0 Å². The van der Waals surface area contributed by atoms with Gasteiger partial charge in [-0.15, -0.1) is 20.4 Å². The van der Waals surface area contributed by atoms with Crippen molar-refractivity contribution in [2.24, 2.45) is 0 Å². The molecule has 4 aromatic carbocycles. The molecule has 8 heteroatoms. The summed E-state index contributed by atoms with van der Waals surface area (Å²) in [5.74, 6) is 1.50. The molecule has 4 aromatic heterocycles. The molecule has 0 unspecified atom stereocenters. The van der Waals surface area contributed by atoms with Crippen molar-refractivity contribution in [3.05, 3.63) is 174 Å². The second-order valence-corrected chi connectivity index (χ2v) is 15.8. The van der Waals surface area contributed by atoms with Gasteiger partial charge in [0.05, 0.1) is 10.7 Å². The highest BCUT2D eigenvalue weighted by Gasteiger charge is 2.18. The van der Waals surface area contributed by atoms with Crippen molar-refractivity contribution >= 4 is 0 Å². The Bertz CT molecular complexity index is 2910. The minimum atomic E-state index is 0.0384. The van der Waals surface area contributed by atoms with Crippen LogP contribution in [0.1, 0.15) is 52.7 Å². The molecule has 8 nitrogen and oxygen atoms in total. The Morgan fingerprint density at radius 3 is 1.04 bits per heavy atom. The lowest BCUT2D eigenvalue weighted by Crippen LogP contribution is -2.10. The number of pyridine rings is 2. The summed E-state index contributed by atoms with van der Waals surface area (Å²) in [4.78, 5) is 10.5. The van der Waals surface area contributed by atoms with Crippen LogP contribution in [0.5, 0.6) is 0 Å². The van der Waals surface area contributed by atoms with Gasteiger partial charge in [0.25, 0.3) is 11.8 Å². The summed E-state index contributed by atoms with van der Waals surface area (Å²) in [7, 11) is 0. The maximum Gasteiger partial charge on any atom is 0.266 e. The normalized spacial score (nSPS) is 14.9. The van der Waals surface area contributed by atoms with E-state index in [1.807, 2.05) is 36.4 Å². The van der Waals surface area contributed by atoms with E-state index < -0.39 is 0 Å². The van der Waals surface area contributed by atoms with Crippen LogP contribution in [0.15, 0.2) is 130 Å². The third kappa shape index (κ3) is 5.90. The first kappa shape index (κ1) is 33.3. The predicted molar refractivity (Wildman–Crippen MR) is 207 cm³/mol. The summed E-state index contributed by atoms with van der Waals surface area (Å²) >= 11 is 0. The van der Waals surface area contributed by atoms with E-state index in [0.29, 0.717) is 45.6 Å². The Balaban J connectivity index is 1.27. The fourth-order valence-corrected chi connectivity index (χ4v) is 6.97. The van der Waals surface area contributed by atoms with Gasteiger partial charge in [-0.1, -0.05) is 114 Å². The van der Waals surface area contributed by atoms with Gasteiger partial charge >= 0.3 is 0 Å². The highest BCUT2D eigenvalue weighted by molar-refractivity contribution is 5.58. The van der Waals surface area contributed by atoms with Crippen molar-refractivity contribution in [2.45, 2.75) is 52.4 Å². The first-order chi connectivity index (χ1) is 26.0. The Hall–Kier alpha value is -6.54. The third-order valence-electron chi connectivity index (χ3n) is 10.0. The lowest BCUT2D eigenvalue weighted by Gasteiger charge is -2.18. The summed E-state index contributed by atoms with van der Waals surface area (Å²) in [6.45, 7) is 13.2. The molecule has 0 atom stereocenters. The number of benzene rings is 4. The summed E-state index contributed by atoms with van der Waals surface area (Å²) in [5.41, 5.74) is 5.32. The number of hydrogen-bond acceptors (Lipinski definition) is 8. The van der Waals surface area contributed by atoms with Crippen molar-refractivity contribution in [3.8, 4) is 46.1 Å². The molecule has 264 valence electrons. The van der Waals surface area contributed by atoms with Gasteiger partial charge in [-0.3, -0.25) is 0 Å². The largest absolute Gasteiger partial charge is 0.415 e. The molecule has 0 radical (unpaired) electrons. The van der Waals surface area contributed by atoms with Gasteiger partial charge in [-0.2, -0.15) is 0 Å². The number of fused-ring (bicyclic) bond motifs is 4. The Labute approximate surface area is 311 Å². The molecule has 54 heavy (non-hydrogen) atoms. The molecular formula is C46H38N6O2. The van der Waals surface area contributed by atoms with Gasteiger partial charge in [0, 0.05) is 21.6 Å². The van der Waals surface area contributed by atoms with E-state index in [4.69, 9.17) is 18.8 Å². The molecule has 0 bridgehead atoms. The van der Waals surface area contributed by atoms with Crippen LogP contribution in [-0.4, -0.2) is 30.4 Å². The summed E-state index contributed by atoms with van der Waals surface area (Å²) in [6, 6.07) is 41.3. The molecule has 0 aliphatic heterocycles. The van der Waals surface area contributed by atoms with Crippen LogP contribution in [0, 0.1) is 42.0 Å². The first-order valence-corrected chi connectivity index (χ1v) is 18.1. The SMILES string of the molecule is CC(C)(C)c1ccc(-c2nnc(-c3ccc4/c(n3)=c3/nc(-c5nnc(-c6ccc(C(C)(C)C)cc6)o5)cc/c3=c3\cccc\c3=c3/cccc/c3=4)o2)cc1. The van der Waals surface area contributed by atoms with E-state index >= 15 is 0 Å². The van der Waals surface area contributed by atoms with Gasteiger partial charge < -0.3 is 8.83 Å². The minimum absolute atomic E-state index is 0.0384. The highest BCUT2D eigenvalue weighted by Crippen LogP contribution is 2.29. The van der Waals surface area contributed by atoms with Gasteiger partial charge in [0.15, 0.2) is 0 Å². The Morgan fingerprint density at radius 2 is 0.685 bits per heavy atom. The first-order valence-electron chi connectivity index (χ1n) is 18.1. The maximum atomic E-state index is 6.27. The zero-order valence-corrected chi connectivity index (χ0v) is 31.0. The second kappa shape index (κ2) is 12.6. The molecule has 0 fully saturated rings. The van der Waals surface area contributed by atoms with Crippen molar-refractivity contribution in [1.82, 2.24) is 30.4 Å². The topological polar surface area (TPSA) is 104 Å². The number of aromatic nitrogens is 6. The van der Waals surface area contributed by atoms with Crippen molar-refractivity contribution in [1.29, 1.82) is 0 Å². The van der Waals surface area contributed by atoms with E-state index in [9.17, 15) is 0 Å². The van der Waals surface area contributed by atoms with Crippen LogP contribution in [0.4, 0.5) is 0 Å². The van der Waals surface area contributed by atoms with Crippen LogP contribution in [0.25, 0.3) is 46.1 Å². The second-order valence-electron chi connectivity index (χ2n) is 15.8. The average Bonchev–Trinajstić information content (AvgIpc) is 3.88. The van der Waals surface area contributed by atoms with E-state index in [1.165, 1.54) is 11.1 Å². The lowest BCUT2D eigenvalue weighted by molar-refractivity contribution is 0.579. The molecule has 0 spiro atoms. The molecule has 1 aliphatic carbocycles. The zero-order chi connectivity index (χ0) is 37.2. The molecular weight excluding hydrogens is 669 g/mol. The van der Waals surface area contributed by atoms with Gasteiger partial charge in [0.1, 0.15) is 11.4 Å². The zero-order valence-electron chi connectivity index (χ0n) is 31.0. The standard InChI is InChI=1S/C46H38N6O2/c1-45(2,3)29-19-15-27(16-20-29)41-49-51-43(53-41)37-25-23-35-33-13-9-7-11-31(33)32-12-8-10-14-34(32)36-24-26-38(48-40(36)39(35)47-37)44-52-50-42(54-44)28-17-21-30(22-18-28)46(4,5)6/h7-26H,1-6H3/b32-31-,35-33-,36-34-,40-39-. The number of hydrogen-bond donors (Lipinski definition) is 0. The maximum absolute atomic E-state index is 6.27. The molecule has 1 aliphatic rings.